The van der Waals surface area contributed by atoms with Crippen molar-refractivity contribution >= 4 is 5.91 Å². The van der Waals surface area contributed by atoms with Crippen LogP contribution in [0.1, 0.15) is 46.0 Å². The number of nitrogens with one attached hydrogen (secondary N) is 1. The summed E-state index contributed by atoms with van der Waals surface area (Å²) in [4.78, 5) is 14.4. The first-order valence-corrected chi connectivity index (χ1v) is 7.64. The Labute approximate surface area is 116 Å². The summed E-state index contributed by atoms with van der Waals surface area (Å²) < 4.78 is 5.10. The van der Waals surface area contributed by atoms with Gasteiger partial charge in [-0.3, -0.25) is 4.79 Å². The summed E-state index contributed by atoms with van der Waals surface area (Å²) in [6.45, 7) is 5.51. The topological polar surface area (TPSA) is 41.6 Å². The Bertz CT molecular complexity index is 295. The fourth-order valence-electron chi connectivity index (χ4n) is 3.57. The van der Waals surface area contributed by atoms with E-state index in [-0.39, 0.29) is 6.04 Å². The van der Waals surface area contributed by atoms with Crippen molar-refractivity contribution in [1.82, 2.24) is 10.2 Å². The molecule has 0 saturated carbocycles. The number of ether oxygens (including phenoxy) is 1. The van der Waals surface area contributed by atoms with Crippen molar-refractivity contribution in [2.75, 3.05) is 20.3 Å². The van der Waals surface area contributed by atoms with Crippen LogP contribution in [0.2, 0.25) is 0 Å². The van der Waals surface area contributed by atoms with Crippen molar-refractivity contribution in [1.29, 1.82) is 0 Å². The molecule has 2 unspecified atom stereocenters. The van der Waals surface area contributed by atoms with Crippen molar-refractivity contribution in [2.24, 2.45) is 5.92 Å². The minimum atomic E-state index is 0.265. The quantitative estimate of drug-likeness (QED) is 0.798. The van der Waals surface area contributed by atoms with Gasteiger partial charge in [0.05, 0.1) is 6.61 Å². The smallest absolute Gasteiger partial charge is 0.223 e. The highest BCUT2D eigenvalue weighted by molar-refractivity contribution is 5.76. The number of fused-ring (bicyclic) bond motifs is 2. The molecule has 19 heavy (non-hydrogen) atoms. The Morgan fingerprint density at radius 2 is 1.95 bits per heavy atom. The van der Waals surface area contributed by atoms with Gasteiger partial charge in [0.1, 0.15) is 0 Å². The molecule has 110 valence electrons. The third-order valence-corrected chi connectivity index (χ3v) is 4.51. The van der Waals surface area contributed by atoms with E-state index in [0.29, 0.717) is 37.1 Å². The Balaban J connectivity index is 1.84. The molecule has 0 aromatic carbocycles. The lowest BCUT2D eigenvalue weighted by atomic mass is 9.89. The van der Waals surface area contributed by atoms with E-state index in [1.165, 1.54) is 25.7 Å². The van der Waals surface area contributed by atoms with Crippen LogP contribution in [0.3, 0.4) is 0 Å². The molecule has 2 heterocycles. The number of amides is 1. The van der Waals surface area contributed by atoms with E-state index < -0.39 is 0 Å². The maximum Gasteiger partial charge on any atom is 0.223 e. The van der Waals surface area contributed by atoms with E-state index in [4.69, 9.17) is 4.74 Å². The fraction of sp³-hybridized carbons (Fsp3) is 0.933. The molecular formula is C15H28N2O2. The first-order valence-electron chi connectivity index (χ1n) is 7.64. The van der Waals surface area contributed by atoms with Crippen LogP contribution in [-0.2, 0) is 9.53 Å². The molecule has 2 rings (SSSR count). The largest absolute Gasteiger partial charge is 0.383 e. The molecular weight excluding hydrogens is 240 g/mol. The zero-order valence-electron chi connectivity index (χ0n) is 12.5. The summed E-state index contributed by atoms with van der Waals surface area (Å²) in [7, 11) is 1.69. The summed E-state index contributed by atoms with van der Waals surface area (Å²) in [5.41, 5.74) is 0. The van der Waals surface area contributed by atoms with Gasteiger partial charge in [0.25, 0.3) is 0 Å². The monoisotopic (exact) mass is 268 g/mol. The molecule has 0 radical (unpaired) electrons. The summed E-state index contributed by atoms with van der Waals surface area (Å²) in [6, 6.07) is 1.60. The minimum Gasteiger partial charge on any atom is -0.383 e. The van der Waals surface area contributed by atoms with E-state index >= 15 is 0 Å². The first kappa shape index (κ1) is 14.8. The second-order valence-electron chi connectivity index (χ2n) is 6.35. The molecule has 2 bridgehead atoms. The van der Waals surface area contributed by atoms with Crippen molar-refractivity contribution in [3.63, 3.8) is 0 Å². The number of carbonyl (C=O) groups is 1. The first-order chi connectivity index (χ1) is 9.10. The summed E-state index contributed by atoms with van der Waals surface area (Å²) in [5, 5.41) is 3.63. The number of carbonyl (C=O) groups excluding carboxylic acids is 1. The highest BCUT2D eigenvalue weighted by Gasteiger charge is 2.34. The molecule has 1 amide bonds. The van der Waals surface area contributed by atoms with Crippen molar-refractivity contribution in [3.8, 4) is 0 Å². The zero-order chi connectivity index (χ0) is 13.8. The molecule has 0 aliphatic carbocycles. The van der Waals surface area contributed by atoms with Crippen LogP contribution in [0.25, 0.3) is 0 Å². The number of hydrogen-bond donors (Lipinski definition) is 1. The third kappa shape index (κ3) is 3.93. The fourth-order valence-corrected chi connectivity index (χ4v) is 3.57. The Kier molecular flexibility index (Phi) is 5.22. The summed E-state index contributed by atoms with van der Waals surface area (Å²) in [5.74, 6) is 0.883. The minimum absolute atomic E-state index is 0.265. The van der Waals surface area contributed by atoms with E-state index in [0.717, 1.165) is 6.42 Å². The van der Waals surface area contributed by atoms with Crippen LogP contribution in [0.15, 0.2) is 0 Å². The van der Waals surface area contributed by atoms with E-state index in [9.17, 15) is 4.79 Å². The Morgan fingerprint density at radius 3 is 2.47 bits per heavy atom. The predicted molar refractivity (Wildman–Crippen MR) is 76.0 cm³/mol. The van der Waals surface area contributed by atoms with Crippen LogP contribution in [0.5, 0.6) is 0 Å². The molecule has 1 N–H and O–H groups in total. The molecule has 2 aliphatic rings. The molecule has 2 atom stereocenters. The SMILES string of the molecule is COCCN(C(=O)CC1CC2CCC(C1)N2)C(C)C. The summed E-state index contributed by atoms with van der Waals surface area (Å²) in [6.07, 6.45) is 5.67. The van der Waals surface area contributed by atoms with Gasteiger partial charge in [-0.25, -0.2) is 0 Å². The maximum atomic E-state index is 12.4. The number of rotatable bonds is 6. The third-order valence-electron chi connectivity index (χ3n) is 4.51. The van der Waals surface area contributed by atoms with Gasteiger partial charge < -0.3 is 15.0 Å². The summed E-state index contributed by atoms with van der Waals surface area (Å²) >= 11 is 0. The second kappa shape index (κ2) is 6.71. The van der Waals surface area contributed by atoms with Gasteiger partial charge in [0.2, 0.25) is 5.91 Å². The lowest BCUT2D eigenvalue weighted by Gasteiger charge is -2.32. The highest BCUT2D eigenvalue weighted by Crippen LogP contribution is 2.33. The van der Waals surface area contributed by atoms with E-state index in [2.05, 4.69) is 19.2 Å². The molecule has 4 nitrogen and oxygen atoms in total. The van der Waals surface area contributed by atoms with Gasteiger partial charge >= 0.3 is 0 Å². The molecule has 2 fully saturated rings. The number of nitrogens with zero attached hydrogens (tertiary/aromatic N) is 1. The molecule has 2 aliphatic heterocycles. The normalized spacial score (nSPS) is 29.8. The Hall–Kier alpha value is -0.610. The second-order valence-corrected chi connectivity index (χ2v) is 6.35. The molecule has 0 aromatic rings. The number of piperidine rings is 1. The van der Waals surface area contributed by atoms with Gasteiger partial charge in [-0.15, -0.1) is 0 Å². The molecule has 2 saturated heterocycles. The lowest BCUT2D eigenvalue weighted by Crippen LogP contribution is -2.43. The van der Waals surface area contributed by atoms with Crippen LogP contribution < -0.4 is 5.32 Å². The van der Waals surface area contributed by atoms with Gasteiger partial charge in [-0.1, -0.05) is 0 Å². The van der Waals surface area contributed by atoms with Crippen molar-refractivity contribution in [3.05, 3.63) is 0 Å². The van der Waals surface area contributed by atoms with Crippen LogP contribution in [-0.4, -0.2) is 49.2 Å². The van der Waals surface area contributed by atoms with E-state index in [1.807, 2.05) is 4.90 Å². The average Bonchev–Trinajstić information content (AvgIpc) is 2.69. The number of hydrogen-bond acceptors (Lipinski definition) is 3. The lowest BCUT2D eigenvalue weighted by molar-refractivity contribution is -0.134. The van der Waals surface area contributed by atoms with Crippen molar-refractivity contribution in [2.45, 2.75) is 64.1 Å². The highest BCUT2D eigenvalue weighted by atomic mass is 16.5. The zero-order valence-corrected chi connectivity index (χ0v) is 12.5. The predicted octanol–water partition coefficient (Wildman–Crippen LogP) is 1.79. The van der Waals surface area contributed by atoms with Crippen molar-refractivity contribution < 1.29 is 9.53 Å². The Morgan fingerprint density at radius 1 is 1.32 bits per heavy atom. The van der Waals surface area contributed by atoms with Crippen LogP contribution >= 0.6 is 0 Å². The number of methoxy groups -OCH3 is 1. The van der Waals surface area contributed by atoms with Crippen LogP contribution in [0, 0.1) is 5.92 Å². The van der Waals surface area contributed by atoms with Crippen LogP contribution in [0.4, 0.5) is 0 Å². The maximum absolute atomic E-state index is 12.4. The molecule has 4 heteroatoms. The van der Waals surface area contributed by atoms with Gasteiger partial charge in [-0.2, -0.15) is 0 Å². The van der Waals surface area contributed by atoms with E-state index in [1.54, 1.807) is 7.11 Å². The standard InChI is InChI=1S/C15H28N2O2/c1-11(2)17(6-7-19-3)15(18)10-12-8-13-4-5-14(9-12)16-13/h11-14,16H,4-10H2,1-3H3. The van der Waals surface area contributed by atoms with Gasteiger partial charge in [0, 0.05) is 38.2 Å². The average molecular weight is 268 g/mol. The molecule has 0 spiro atoms. The van der Waals surface area contributed by atoms with Gasteiger partial charge in [0.15, 0.2) is 0 Å². The molecule has 0 aromatic heterocycles. The van der Waals surface area contributed by atoms with Gasteiger partial charge in [-0.05, 0) is 45.4 Å².